The number of carbonyl (C=O) groups is 2. The number of ether oxygens (including phenoxy) is 3. The van der Waals surface area contributed by atoms with E-state index in [1.54, 1.807) is 30.3 Å². The second-order valence-corrected chi connectivity index (χ2v) is 6.13. The van der Waals surface area contributed by atoms with Crippen molar-refractivity contribution >= 4 is 34.0 Å². The highest BCUT2D eigenvalue weighted by Gasteiger charge is 2.19. The molecule has 3 aromatic carbocycles. The SMILES string of the molecule is COc1ccc(NC(=O)COC(=O)c2ccc(OC)c3ccccc23)c([N+](=O)[O-])c1. The minimum atomic E-state index is -0.713. The molecule has 30 heavy (non-hydrogen) atoms. The summed E-state index contributed by atoms with van der Waals surface area (Å²) in [6, 6.07) is 14.3. The van der Waals surface area contributed by atoms with Crippen molar-refractivity contribution in [1.29, 1.82) is 0 Å². The van der Waals surface area contributed by atoms with Gasteiger partial charge in [0.25, 0.3) is 11.6 Å². The van der Waals surface area contributed by atoms with Crippen LogP contribution in [-0.2, 0) is 9.53 Å². The Morgan fingerprint density at radius 1 is 1.00 bits per heavy atom. The van der Waals surface area contributed by atoms with Crippen molar-refractivity contribution in [2.24, 2.45) is 0 Å². The Kier molecular flexibility index (Phi) is 6.11. The maximum absolute atomic E-state index is 12.5. The standard InChI is InChI=1S/C21H18N2O7/c1-28-13-7-9-17(18(11-13)23(26)27)22-20(24)12-30-21(25)16-8-10-19(29-2)15-6-4-3-5-14(15)16/h3-11H,12H2,1-2H3,(H,22,24). The van der Waals surface area contributed by atoms with Crippen molar-refractivity contribution < 1.29 is 28.7 Å². The summed E-state index contributed by atoms with van der Waals surface area (Å²) in [6.45, 7) is -0.609. The summed E-state index contributed by atoms with van der Waals surface area (Å²) in [5.41, 5.74) is -0.0958. The first-order valence-corrected chi connectivity index (χ1v) is 8.79. The van der Waals surface area contributed by atoms with E-state index in [2.05, 4.69) is 5.32 Å². The van der Waals surface area contributed by atoms with E-state index in [-0.39, 0.29) is 22.7 Å². The summed E-state index contributed by atoms with van der Waals surface area (Å²) in [6.07, 6.45) is 0. The van der Waals surface area contributed by atoms with Crippen LogP contribution < -0.4 is 14.8 Å². The van der Waals surface area contributed by atoms with Gasteiger partial charge >= 0.3 is 5.97 Å². The molecular formula is C21H18N2O7. The molecule has 9 heteroatoms. The van der Waals surface area contributed by atoms with Gasteiger partial charge in [-0.2, -0.15) is 0 Å². The Hall–Kier alpha value is -4.14. The summed E-state index contributed by atoms with van der Waals surface area (Å²) in [5.74, 6) is -0.535. The fourth-order valence-electron chi connectivity index (χ4n) is 2.92. The zero-order valence-corrected chi connectivity index (χ0v) is 16.2. The van der Waals surface area contributed by atoms with Crippen molar-refractivity contribution in [3.05, 3.63) is 70.3 Å². The number of nitro groups is 1. The number of rotatable bonds is 7. The number of fused-ring (bicyclic) bond motifs is 1. The topological polar surface area (TPSA) is 117 Å². The lowest BCUT2D eigenvalue weighted by atomic mass is 10.0. The molecule has 0 aliphatic rings. The van der Waals surface area contributed by atoms with Crippen LogP contribution in [0.3, 0.4) is 0 Å². The quantitative estimate of drug-likeness (QED) is 0.359. The van der Waals surface area contributed by atoms with Gasteiger partial charge in [-0.1, -0.05) is 24.3 Å². The molecule has 0 saturated heterocycles. The molecule has 0 spiro atoms. The van der Waals surface area contributed by atoms with Gasteiger partial charge in [-0.25, -0.2) is 4.79 Å². The lowest BCUT2D eigenvalue weighted by Crippen LogP contribution is -2.21. The van der Waals surface area contributed by atoms with E-state index < -0.39 is 23.4 Å². The number of nitrogens with one attached hydrogen (secondary N) is 1. The van der Waals surface area contributed by atoms with Crippen LogP contribution in [0.5, 0.6) is 11.5 Å². The van der Waals surface area contributed by atoms with Crippen LogP contribution in [0.4, 0.5) is 11.4 Å². The molecule has 1 N–H and O–H groups in total. The van der Waals surface area contributed by atoms with Gasteiger partial charge in [0, 0.05) is 5.39 Å². The lowest BCUT2D eigenvalue weighted by Gasteiger charge is -2.11. The van der Waals surface area contributed by atoms with Crippen molar-refractivity contribution in [1.82, 2.24) is 0 Å². The van der Waals surface area contributed by atoms with Gasteiger partial charge in [0.15, 0.2) is 6.61 Å². The second kappa shape index (κ2) is 8.91. The van der Waals surface area contributed by atoms with Gasteiger partial charge < -0.3 is 19.5 Å². The molecule has 0 heterocycles. The van der Waals surface area contributed by atoms with Crippen molar-refractivity contribution in [3.63, 3.8) is 0 Å². The second-order valence-electron chi connectivity index (χ2n) is 6.13. The van der Waals surface area contributed by atoms with Crippen LogP contribution in [0.1, 0.15) is 10.4 Å². The number of carbonyl (C=O) groups excluding carboxylic acids is 2. The molecule has 0 saturated carbocycles. The Morgan fingerprint density at radius 3 is 2.40 bits per heavy atom. The first-order valence-electron chi connectivity index (χ1n) is 8.79. The fourth-order valence-corrected chi connectivity index (χ4v) is 2.92. The number of nitrogens with zero attached hydrogens (tertiary/aromatic N) is 1. The van der Waals surface area contributed by atoms with Gasteiger partial charge in [-0.3, -0.25) is 14.9 Å². The summed E-state index contributed by atoms with van der Waals surface area (Å²) in [7, 11) is 2.90. The molecule has 154 valence electrons. The number of amides is 1. The molecule has 0 aliphatic carbocycles. The fraction of sp³-hybridized carbons (Fsp3) is 0.143. The van der Waals surface area contributed by atoms with Gasteiger partial charge in [-0.05, 0) is 29.7 Å². The number of benzene rings is 3. The maximum atomic E-state index is 12.5. The summed E-state index contributed by atoms with van der Waals surface area (Å²) in [4.78, 5) is 35.2. The lowest BCUT2D eigenvalue weighted by molar-refractivity contribution is -0.384. The number of esters is 1. The third kappa shape index (κ3) is 4.30. The minimum absolute atomic E-state index is 0.0308. The smallest absolute Gasteiger partial charge is 0.339 e. The van der Waals surface area contributed by atoms with E-state index in [0.29, 0.717) is 11.1 Å². The molecule has 9 nitrogen and oxygen atoms in total. The molecule has 0 bridgehead atoms. The molecule has 0 fully saturated rings. The first kappa shape index (κ1) is 20.6. The van der Waals surface area contributed by atoms with Crippen LogP contribution in [0.2, 0.25) is 0 Å². The Morgan fingerprint density at radius 2 is 1.73 bits per heavy atom. The molecule has 3 rings (SSSR count). The number of nitro benzene ring substituents is 1. The number of hydrogen-bond donors (Lipinski definition) is 1. The predicted octanol–water partition coefficient (Wildman–Crippen LogP) is 3.56. The highest BCUT2D eigenvalue weighted by atomic mass is 16.6. The monoisotopic (exact) mass is 410 g/mol. The third-order valence-corrected chi connectivity index (χ3v) is 4.33. The van der Waals surface area contributed by atoms with Crippen LogP contribution in [0.15, 0.2) is 54.6 Å². The van der Waals surface area contributed by atoms with Crippen molar-refractivity contribution in [3.8, 4) is 11.5 Å². The number of methoxy groups -OCH3 is 2. The minimum Gasteiger partial charge on any atom is -0.496 e. The summed E-state index contributed by atoms with van der Waals surface area (Å²) in [5, 5.41) is 14.9. The summed E-state index contributed by atoms with van der Waals surface area (Å²) >= 11 is 0. The van der Waals surface area contributed by atoms with Crippen LogP contribution >= 0.6 is 0 Å². The zero-order chi connectivity index (χ0) is 21.7. The molecule has 0 unspecified atom stereocenters. The molecular weight excluding hydrogens is 392 g/mol. The average Bonchev–Trinajstić information content (AvgIpc) is 2.76. The van der Waals surface area contributed by atoms with Crippen molar-refractivity contribution in [2.45, 2.75) is 0 Å². The first-order chi connectivity index (χ1) is 14.4. The van der Waals surface area contributed by atoms with Crippen LogP contribution in [-0.4, -0.2) is 37.6 Å². The Bertz CT molecular complexity index is 1130. The Balaban J connectivity index is 1.72. The highest BCUT2D eigenvalue weighted by molar-refractivity contribution is 6.07. The third-order valence-electron chi connectivity index (χ3n) is 4.33. The van der Waals surface area contributed by atoms with E-state index in [1.807, 2.05) is 6.07 Å². The van der Waals surface area contributed by atoms with Gasteiger partial charge in [-0.15, -0.1) is 0 Å². The van der Waals surface area contributed by atoms with Crippen LogP contribution in [0.25, 0.3) is 10.8 Å². The zero-order valence-electron chi connectivity index (χ0n) is 16.2. The summed E-state index contributed by atoms with van der Waals surface area (Å²) < 4.78 is 15.3. The van der Waals surface area contributed by atoms with Gasteiger partial charge in [0.2, 0.25) is 0 Å². The van der Waals surface area contributed by atoms with E-state index in [1.165, 1.54) is 32.4 Å². The number of hydrogen-bond acceptors (Lipinski definition) is 7. The molecule has 0 atom stereocenters. The van der Waals surface area contributed by atoms with Crippen LogP contribution in [0, 0.1) is 10.1 Å². The maximum Gasteiger partial charge on any atom is 0.339 e. The Labute approximate surface area is 171 Å². The van der Waals surface area contributed by atoms with E-state index in [0.717, 1.165) is 5.39 Å². The van der Waals surface area contributed by atoms with E-state index >= 15 is 0 Å². The highest BCUT2D eigenvalue weighted by Crippen LogP contribution is 2.30. The normalized spacial score (nSPS) is 10.3. The van der Waals surface area contributed by atoms with Gasteiger partial charge in [0.05, 0.1) is 30.8 Å². The molecule has 0 aromatic heterocycles. The van der Waals surface area contributed by atoms with E-state index in [4.69, 9.17) is 14.2 Å². The number of anilines is 1. The predicted molar refractivity (Wildman–Crippen MR) is 109 cm³/mol. The van der Waals surface area contributed by atoms with E-state index in [9.17, 15) is 19.7 Å². The van der Waals surface area contributed by atoms with Gasteiger partial charge in [0.1, 0.15) is 17.2 Å². The van der Waals surface area contributed by atoms with Crippen molar-refractivity contribution in [2.75, 3.05) is 26.1 Å². The molecule has 0 radical (unpaired) electrons. The molecule has 3 aromatic rings. The largest absolute Gasteiger partial charge is 0.496 e. The average molecular weight is 410 g/mol. The molecule has 0 aliphatic heterocycles. The molecule has 1 amide bonds.